The molecule has 6 heteroatoms. The second kappa shape index (κ2) is 7.74. The van der Waals surface area contributed by atoms with Crippen LogP contribution in [0.4, 0.5) is 0 Å². The molecule has 2 aromatic carbocycles. The van der Waals surface area contributed by atoms with Gasteiger partial charge in [-0.15, -0.1) is 0 Å². The van der Waals surface area contributed by atoms with Gasteiger partial charge in [0.2, 0.25) is 0 Å². The van der Waals surface area contributed by atoms with Crippen molar-refractivity contribution in [1.29, 1.82) is 0 Å². The Hall–Kier alpha value is -3.28. The van der Waals surface area contributed by atoms with Crippen LogP contribution in [-0.2, 0) is 11.3 Å². The summed E-state index contributed by atoms with van der Waals surface area (Å²) in [6.45, 7) is 2.29. The van der Waals surface area contributed by atoms with E-state index in [9.17, 15) is 4.79 Å². The van der Waals surface area contributed by atoms with Crippen molar-refractivity contribution in [2.45, 2.75) is 13.5 Å². The quantitative estimate of drug-likeness (QED) is 0.684. The lowest BCUT2D eigenvalue weighted by Crippen LogP contribution is -2.05. The Balaban J connectivity index is 1.90. The van der Waals surface area contributed by atoms with Gasteiger partial charge in [0.1, 0.15) is 18.1 Å². The molecule has 6 nitrogen and oxygen atoms in total. The van der Waals surface area contributed by atoms with Crippen molar-refractivity contribution in [1.82, 2.24) is 10.2 Å². The number of rotatable bonds is 6. The van der Waals surface area contributed by atoms with Crippen LogP contribution in [0.3, 0.4) is 0 Å². The predicted molar refractivity (Wildman–Crippen MR) is 97.4 cm³/mol. The summed E-state index contributed by atoms with van der Waals surface area (Å²) in [5.74, 6) is 0.616. The molecule has 0 bridgehead atoms. The standard InChI is InChI=1S/C20H20N2O4/c1-13-4-8-15(9-5-13)17-19(18(22-21-17)20(23)25-3)26-12-14-6-10-16(24-2)11-7-14/h4-11H,12H2,1-3H3,(H,21,22). The summed E-state index contributed by atoms with van der Waals surface area (Å²) in [4.78, 5) is 12.0. The molecule has 0 amide bonds. The van der Waals surface area contributed by atoms with Gasteiger partial charge in [0.15, 0.2) is 11.4 Å². The fraction of sp³-hybridized carbons (Fsp3) is 0.200. The molecule has 0 saturated carbocycles. The molecule has 0 aliphatic rings. The lowest BCUT2D eigenvalue weighted by atomic mass is 10.1. The molecule has 0 aliphatic carbocycles. The van der Waals surface area contributed by atoms with Crippen LogP contribution in [-0.4, -0.2) is 30.4 Å². The minimum Gasteiger partial charge on any atom is -0.497 e. The van der Waals surface area contributed by atoms with Crippen LogP contribution in [0.2, 0.25) is 0 Å². The highest BCUT2D eigenvalue weighted by molar-refractivity contribution is 5.93. The first-order valence-corrected chi connectivity index (χ1v) is 8.12. The van der Waals surface area contributed by atoms with Gasteiger partial charge >= 0.3 is 5.97 Å². The first-order valence-electron chi connectivity index (χ1n) is 8.12. The number of H-pyrrole nitrogens is 1. The highest BCUT2D eigenvalue weighted by Crippen LogP contribution is 2.32. The predicted octanol–water partition coefficient (Wildman–Crippen LogP) is 3.76. The number of carbonyl (C=O) groups excluding carboxylic acids is 1. The Labute approximate surface area is 151 Å². The Kier molecular flexibility index (Phi) is 5.22. The summed E-state index contributed by atoms with van der Waals surface area (Å²) in [5, 5.41) is 6.98. The van der Waals surface area contributed by atoms with Gasteiger partial charge in [-0.25, -0.2) is 4.79 Å². The molecule has 26 heavy (non-hydrogen) atoms. The number of nitrogens with one attached hydrogen (secondary N) is 1. The van der Waals surface area contributed by atoms with Gasteiger partial charge in [-0.05, 0) is 24.6 Å². The van der Waals surface area contributed by atoms with E-state index in [1.54, 1.807) is 7.11 Å². The third-order valence-corrected chi connectivity index (χ3v) is 3.98. The van der Waals surface area contributed by atoms with E-state index < -0.39 is 5.97 Å². The lowest BCUT2D eigenvalue weighted by Gasteiger charge is -2.09. The van der Waals surface area contributed by atoms with Crippen LogP contribution in [0.5, 0.6) is 11.5 Å². The lowest BCUT2D eigenvalue weighted by molar-refractivity contribution is 0.0589. The zero-order valence-corrected chi connectivity index (χ0v) is 14.9. The molecule has 3 rings (SSSR count). The van der Waals surface area contributed by atoms with Crippen molar-refractivity contribution in [3.63, 3.8) is 0 Å². The van der Waals surface area contributed by atoms with Crippen LogP contribution in [0.15, 0.2) is 48.5 Å². The van der Waals surface area contributed by atoms with Crippen molar-refractivity contribution < 1.29 is 19.0 Å². The molecule has 3 aromatic rings. The summed E-state index contributed by atoms with van der Waals surface area (Å²) >= 11 is 0. The van der Waals surface area contributed by atoms with Crippen LogP contribution in [0, 0.1) is 6.92 Å². The average Bonchev–Trinajstić information content (AvgIpc) is 3.10. The maximum Gasteiger partial charge on any atom is 0.360 e. The van der Waals surface area contributed by atoms with Gasteiger partial charge in [0, 0.05) is 5.56 Å². The van der Waals surface area contributed by atoms with E-state index in [0.29, 0.717) is 11.4 Å². The highest BCUT2D eigenvalue weighted by atomic mass is 16.5. The van der Waals surface area contributed by atoms with Gasteiger partial charge in [-0.1, -0.05) is 42.0 Å². The SMILES string of the molecule is COC(=O)c1[nH]nc(-c2ccc(C)cc2)c1OCc1ccc(OC)cc1. The Morgan fingerprint density at radius 1 is 1.04 bits per heavy atom. The maximum absolute atomic E-state index is 12.0. The molecule has 1 heterocycles. The molecule has 1 aromatic heterocycles. The Morgan fingerprint density at radius 3 is 2.35 bits per heavy atom. The molecule has 0 unspecified atom stereocenters. The van der Waals surface area contributed by atoms with Crippen LogP contribution >= 0.6 is 0 Å². The fourth-order valence-electron chi connectivity index (χ4n) is 2.50. The second-order valence-corrected chi connectivity index (χ2v) is 5.77. The van der Waals surface area contributed by atoms with E-state index in [4.69, 9.17) is 14.2 Å². The number of aromatic nitrogens is 2. The minimum atomic E-state index is -0.527. The van der Waals surface area contributed by atoms with Gasteiger partial charge in [-0.2, -0.15) is 5.10 Å². The smallest absolute Gasteiger partial charge is 0.360 e. The monoisotopic (exact) mass is 352 g/mol. The summed E-state index contributed by atoms with van der Waals surface area (Å²) in [6, 6.07) is 15.4. The number of hydrogen-bond acceptors (Lipinski definition) is 5. The van der Waals surface area contributed by atoms with Crippen LogP contribution < -0.4 is 9.47 Å². The molecule has 0 aliphatic heterocycles. The van der Waals surface area contributed by atoms with E-state index >= 15 is 0 Å². The number of esters is 1. The zero-order chi connectivity index (χ0) is 18.5. The molecule has 0 radical (unpaired) electrons. The highest BCUT2D eigenvalue weighted by Gasteiger charge is 2.22. The minimum absolute atomic E-state index is 0.191. The van der Waals surface area contributed by atoms with Crippen LogP contribution in [0.1, 0.15) is 21.6 Å². The van der Waals surface area contributed by atoms with Gasteiger partial charge in [0.25, 0.3) is 0 Å². The second-order valence-electron chi connectivity index (χ2n) is 5.77. The number of ether oxygens (including phenoxy) is 3. The zero-order valence-electron chi connectivity index (χ0n) is 14.9. The fourth-order valence-corrected chi connectivity index (χ4v) is 2.50. The maximum atomic E-state index is 12.0. The third-order valence-electron chi connectivity index (χ3n) is 3.98. The molecule has 0 saturated heterocycles. The summed E-state index contributed by atoms with van der Waals surface area (Å²) in [6.07, 6.45) is 0. The molecular formula is C20H20N2O4. The normalized spacial score (nSPS) is 10.4. The molecule has 1 N–H and O–H groups in total. The molecule has 0 atom stereocenters. The van der Waals surface area contributed by atoms with E-state index in [0.717, 1.165) is 22.4 Å². The number of nitrogens with zero attached hydrogens (tertiary/aromatic N) is 1. The average molecular weight is 352 g/mol. The number of aromatic amines is 1. The van der Waals surface area contributed by atoms with Crippen molar-refractivity contribution >= 4 is 5.97 Å². The first kappa shape index (κ1) is 17.5. The summed E-state index contributed by atoms with van der Waals surface area (Å²) in [5.41, 5.74) is 3.69. The largest absolute Gasteiger partial charge is 0.497 e. The number of benzene rings is 2. The Morgan fingerprint density at radius 2 is 1.73 bits per heavy atom. The topological polar surface area (TPSA) is 73.4 Å². The van der Waals surface area contributed by atoms with E-state index in [2.05, 4.69) is 10.2 Å². The molecule has 134 valence electrons. The van der Waals surface area contributed by atoms with E-state index in [1.165, 1.54) is 7.11 Å². The van der Waals surface area contributed by atoms with Crippen molar-refractivity contribution in [2.24, 2.45) is 0 Å². The third kappa shape index (κ3) is 3.69. The summed E-state index contributed by atoms with van der Waals surface area (Å²) in [7, 11) is 2.94. The number of aryl methyl sites for hydroxylation is 1. The summed E-state index contributed by atoms with van der Waals surface area (Å²) < 4.78 is 15.9. The number of methoxy groups -OCH3 is 2. The number of hydrogen-bond donors (Lipinski definition) is 1. The van der Waals surface area contributed by atoms with Gasteiger partial charge in [-0.3, -0.25) is 5.10 Å². The Bertz CT molecular complexity index is 883. The van der Waals surface area contributed by atoms with Gasteiger partial charge < -0.3 is 14.2 Å². The van der Waals surface area contributed by atoms with Crippen LogP contribution in [0.25, 0.3) is 11.3 Å². The van der Waals surface area contributed by atoms with E-state index in [-0.39, 0.29) is 12.3 Å². The first-order chi connectivity index (χ1) is 12.6. The molecule has 0 fully saturated rings. The van der Waals surface area contributed by atoms with E-state index in [1.807, 2.05) is 55.5 Å². The van der Waals surface area contributed by atoms with Crippen molar-refractivity contribution in [3.05, 3.63) is 65.4 Å². The van der Waals surface area contributed by atoms with Crippen molar-refractivity contribution in [3.8, 4) is 22.8 Å². The number of carbonyl (C=O) groups is 1. The molecule has 0 spiro atoms. The van der Waals surface area contributed by atoms with Gasteiger partial charge in [0.05, 0.1) is 14.2 Å². The molecular weight excluding hydrogens is 332 g/mol. The van der Waals surface area contributed by atoms with Crippen molar-refractivity contribution in [2.75, 3.05) is 14.2 Å².